The molecule has 2 aromatic heterocycles. The lowest BCUT2D eigenvalue weighted by atomic mass is 10.0. The first-order valence-corrected chi connectivity index (χ1v) is 11.0. The molecule has 36 heavy (non-hydrogen) atoms. The van der Waals surface area contributed by atoms with Gasteiger partial charge in [-0.15, -0.1) is 5.10 Å². The molecule has 3 N–H and O–H groups in total. The van der Waals surface area contributed by atoms with Gasteiger partial charge in [0.25, 0.3) is 0 Å². The summed E-state index contributed by atoms with van der Waals surface area (Å²) in [7, 11) is 1.50. The Bertz CT molecular complexity index is 1300. The molecule has 0 aliphatic carbocycles. The van der Waals surface area contributed by atoms with Crippen molar-refractivity contribution in [3.8, 4) is 34.2 Å². The van der Waals surface area contributed by atoms with Crippen molar-refractivity contribution in [2.24, 2.45) is 0 Å². The molecular formula is C24H25N7O5. The van der Waals surface area contributed by atoms with E-state index in [2.05, 4.69) is 36.2 Å². The Labute approximate surface area is 206 Å². The zero-order valence-corrected chi connectivity index (χ0v) is 19.9. The summed E-state index contributed by atoms with van der Waals surface area (Å²) in [6.45, 7) is 3.96. The Morgan fingerprint density at radius 2 is 1.92 bits per heavy atom. The zero-order valence-electron chi connectivity index (χ0n) is 19.9. The third kappa shape index (κ3) is 6.03. The highest BCUT2D eigenvalue weighted by molar-refractivity contribution is 6.39. The average Bonchev–Trinajstić information content (AvgIpc) is 3.59. The molecular weight excluding hydrogens is 466 g/mol. The Balaban J connectivity index is 1.27. The summed E-state index contributed by atoms with van der Waals surface area (Å²) in [5.74, 6) is 0.656. The summed E-state index contributed by atoms with van der Waals surface area (Å²) in [4.78, 5) is 28.9. The molecule has 186 valence electrons. The van der Waals surface area contributed by atoms with Gasteiger partial charge in [0, 0.05) is 29.3 Å². The summed E-state index contributed by atoms with van der Waals surface area (Å²) < 4.78 is 16.5. The molecule has 0 atom stereocenters. The first-order chi connectivity index (χ1) is 17.3. The predicted molar refractivity (Wildman–Crippen MR) is 129 cm³/mol. The summed E-state index contributed by atoms with van der Waals surface area (Å²) in [5, 5.41) is 19.0. The number of aromatic amines is 1. The van der Waals surface area contributed by atoms with Crippen LogP contribution in [0.25, 0.3) is 22.7 Å². The SMILES string of the molecule is COc1cc(NC(=O)C(=O)NC(C)(C)CCOc2ccc(-c3nnn[nH]3)cc2)ccc1-c1cnco1. The van der Waals surface area contributed by atoms with Crippen LogP contribution in [0, 0.1) is 0 Å². The number of nitrogens with zero attached hydrogens (tertiary/aromatic N) is 4. The third-order valence-corrected chi connectivity index (χ3v) is 5.28. The smallest absolute Gasteiger partial charge is 0.313 e. The molecule has 12 heteroatoms. The fourth-order valence-electron chi connectivity index (χ4n) is 3.35. The van der Waals surface area contributed by atoms with Crippen LogP contribution < -0.4 is 20.1 Å². The van der Waals surface area contributed by atoms with Crippen LogP contribution in [0.2, 0.25) is 0 Å². The van der Waals surface area contributed by atoms with Gasteiger partial charge in [-0.3, -0.25) is 9.59 Å². The zero-order chi connectivity index (χ0) is 25.5. The molecule has 4 rings (SSSR count). The number of methoxy groups -OCH3 is 1. The molecule has 0 fully saturated rings. The highest BCUT2D eigenvalue weighted by Crippen LogP contribution is 2.32. The molecule has 0 unspecified atom stereocenters. The minimum absolute atomic E-state index is 0.332. The van der Waals surface area contributed by atoms with E-state index in [1.54, 1.807) is 36.5 Å². The monoisotopic (exact) mass is 491 g/mol. The van der Waals surface area contributed by atoms with Gasteiger partial charge in [0.2, 0.25) is 0 Å². The standard InChI is InChI=1S/C24H25N7O5/c1-24(2,10-11-35-17-7-4-15(5-8-17)21-28-30-31-29-21)27-23(33)22(32)26-16-6-9-18(19(12-16)34-3)20-13-25-14-36-20/h4-9,12-14H,10-11H2,1-3H3,(H,26,32)(H,27,33)(H,28,29,30,31). The Kier molecular flexibility index (Phi) is 7.23. The number of ether oxygens (including phenoxy) is 2. The highest BCUT2D eigenvalue weighted by atomic mass is 16.5. The number of carbonyl (C=O) groups excluding carboxylic acids is 2. The number of aromatic nitrogens is 5. The molecule has 0 spiro atoms. The van der Waals surface area contributed by atoms with Crippen LogP contribution >= 0.6 is 0 Å². The maximum atomic E-state index is 12.5. The minimum Gasteiger partial charge on any atom is -0.496 e. The van der Waals surface area contributed by atoms with Gasteiger partial charge in [0.15, 0.2) is 18.0 Å². The van der Waals surface area contributed by atoms with Crippen LogP contribution in [0.3, 0.4) is 0 Å². The van der Waals surface area contributed by atoms with Crippen LogP contribution in [0.4, 0.5) is 5.69 Å². The number of tetrazole rings is 1. The molecule has 0 saturated carbocycles. The van der Waals surface area contributed by atoms with Gasteiger partial charge in [-0.2, -0.15) is 0 Å². The lowest BCUT2D eigenvalue weighted by Crippen LogP contribution is -2.48. The van der Waals surface area contributed by atoms with Crippen molar-refractivity contribution in [2.75, 3.05) is 19.0 Å². The molecule has 0 aliphatic rings. The van der Waals surface area contributed by atoms with Crippen molar-refractivity contribution in [1.82, 2.24) is 30.9 Å². The van der Waals surface area contributed by atoms with E-state index in [0.29, 0.717) is 47.4 Å². The van der Waals surface area contributed by atoms with E-state index < -0.39 is 17.4 Å². The number of hydrogen-bond donors (Lipinski definition) is 3. The number of rotatable bonds is 9. The van der Waals surface area contributed by atoms with Gasteiger partial charge in [0.05, 0.1) is 25.5 Å². The van der Waals surface area contributed by atoms with Gasteiger partial charge in [-0.25, -0.2) is 10.1 Å². The number of anilines is 1. The molecule has 2 amide bonds. The summed E-state index contributed by atoms with van der Waals surface area (Å²) >= 11 is 0. The number of H-pyrrole nitrogens is 1. The summed E-state index contributed by atoms with van der Waals surface area (Å²) in [5.41, 5.74) is 1.22. The first-order valence-electron chi connectivity index (χ1n) is 11.0. The number of benzene rings is 2. The van der Waals surface area contributed by atoms with E-state index in [-0.39, 0.29) is 0 Å². The van der Waals surface area contributed by atoms with E-state index in [4.69, 9.17) is 13.9 Å². The quantitative estimate of drug-likeness (QED) is 0.299. The van der Waals surface area contributed by atoms with Crippen LogP contribution in [0.1, 0.15) is 20.3 Å². The van der Waals surface area contributed by atoms with Crippen molar-refractivity contribution < 1.29 is 23.5 Å². The van der Waals surface area contributed by atoms with Crippen molar-refractivity contribution in [3.05, 3.63) is 55.1 Å². The van der Waals surface area contributed by atoms with Crippen molar-refractivity contribution in [1.29, 1.82) is 0 Å². The van der Waals surface area contributed by atoms with Gasteiger partial charge in [0.1, 0.15) is 11.5 Å². The third-order valence-electron chi connectivity index (χ3n) is 5.28. The molecule has 12 nitrogen and oxygen atoms in total. The van der Waals surface area contributed by atoms with Crippen molar-refractivity contribution in [3.63, 3.8) is 0 Å². The topological polar surface area (TPSA) is 157 Å². The number of oxazole rings is 1. The number of amides is 2. The fourth-order valence-corrected chi connectivity index (χ4v) is 3.35. The second kappa shape index (κ2) is 10.7. The molecule has 4 aromatic rings. The van der Waals surface area contributed by atoms with Gasteiger partial charge < -0.3 is 24.5 Å². The first kappa shape index (κ1) is 24.4. The molecule has 0 bridgehead atoms. The normalized spacial score (nSPS) is 11.1. The lowest BCUT2D eigenvalue weighted by Gasteiger charge is -2.26. The molecule has 0 saturated heterocycles. The maximum Gasteiger partial charge on any atom is 0.313 e. The van der Waals surface area contributed by atoms with Crippen LogP contribution in [0.5, 0.6) is 11.5 Å². The molecule has 0 radical (unpaired) electrons. The average molecular weight is 492 g/mol. The second-order valence-electron chi connectivity index (χ2n) is 8.45. The van der Waals surface area contributed by atoms with Gasteiger partial charge >= 0.3 is 11.8 Å². The number of carbonyl (C=O) groups is 2. The number of hydrogen-bond acceptors (Lipinski definition) is 9. The maximum absolute atomic E-state index is 12.5. The van der Waals surface area contributed by atoms with Crippen LogP contribution in [0.15, 0.2) is 59.5 Å². The lowest BCUT2D eigenvalue weighted by molar-refractivity contribution is -0.137. The van der Waals surface area contributed by atoms with E-state index >= 15 is 0 Å². The number of nitrogens with one attached hydrogen (secondary N) is 3. The predicted octanol–water partition coefficient (Wildman–Crippen LogP) is 2.83. The van der Waals surface area contributed by atoms with Crippen molar-refractivity contribution >= 4 is 17.5 Å². The molecule has 2 heterocycles. The minimum atomic E-state index is -0.795. The molecule has 2 aromatic carbocycles. The Morgan fingerprint density at radius 1 is 1.11 bits per heavy atom. The summed E-state index contributed by atoms with van der Waals surface area (Å²) in [6.07, 6.45) is 3.34. The van der Waals surface area contributed by atoms with E-state index in [0.717, 1.165) is 5.56 Å². The van der Waals surface area contributed by atoms with E-state index in [1.165, 1.54) is 13.5 Å². The molecule has 0 aliphatic heterocycles. The van der Waals surface area contributed by atoms with Crippen LogP contribution in [-0.2, 0) is 9.59 Å². The van der Waals surface area contributed by atoms with Gasteiger partial charge in [-0.1, -0.05) is 0 Å². The van der Waals surface area contributed by atoms with E-state index in [9.17, 15) is 9.59 Å². The Hall–Kier alpha value is -4.74. The Morgan fingerprint density at radius 3 is 2.58 bits per heavy atom. The van der Waals surface area contributed by atoms with Crippen LogP contribution in [-0.4, -0.2) is 56.7 Å². The van der Waals surface area contributed by atoms with Crippen molar-refractivity contribution in [2.45, 2.75) is 25.8 Å². The fraction of sp³-hybridized carbons (Fsp3) is 0.250. The summed E-state index contributed by atoms with van der Waals surface area (Å²) in [6, 6.07) is 12.2. The highest BCUT2D eigenvalue weighted by Gasteiger charge is 2.25. The largest absolute Gasteiger partial charge is 0.496 e. The van der Waals surface area contributed by atoms with E-state index in [1.807, 2.05) is 26.0 Å². The van der Waals surface area contributed by atoms with Gasteiger partial charge in [-0.05, 0) is 60.7 Å². The second-order valence-corrected chi connectivity index (χ2v) is 8.45.